The van der Waals surface area contributed by atoms with Crippen molar-refractivity contribution < 1.29 is 5.11 Å². The highest BCUT2D eigenvalue weighted by Gasteiger charge is 2.28. The number of piperidine rings is 1. The molecule has 1 aliphatic carbocycles. The van der Waals surface area contributed by atoms with Gasteiger partial charge in [-0.15, -0.1) is 0 Å². The van der Waals surface area contributed by atoms with Crippen LogP contribution in [0.3, 0.4) is 0 Å². The molecule has 114 valence electrons. The summed E-state index contributed by atoms with van der Waals surface area (Å²) in [5, 5.41) is 18.0. The molecule has 2 atom stereocenters. The second-order valence-electron chi connectivity index (χ2n) is 6.37. The largest absolute Gasteiger partial charge is 0.391 e. The van der Waals surface area contributed by atoms with Gasteiger partial charge in [-0.3, -0.25) is 5.41 Å². The van der Waals surface area contributed by atoms with Crippen molar-refractivity contribution in [2.75, 3.05) is 18.0 Å². The summed E-state index contributed by atoms with van der Waals surface area (Å²) in [6.07, 6.45) is 5.01. The van der Waals surface area contributed by atoms with Gasteiger partial charge in [0.2, 0.25) is 0 Å². The maximum absolute atomic E-state index is 10.1. The van der Waals surface area contributed by atoms with Gasteiger partial charge in [0.1, 0.15) is 11.7 Å². The van der Waals surface area contributed by atoms with E-state index < -0.39 is 0 Å². The zero-order valence-electron chi connectivity index (χ0n) is 12.6. The molecule has 2 aliphatic rings. The Hall–Kier alpha value is -1.62. The van der Waals surface area contributed by atoms with E-state index in [1.807, 2.05) is 6.07 Å². The number of aliphatic hydroxyl groups excluding tert-OH is 1. The van der Waals surface area contributed by atoms with Crippen molar-refractivity contribution in [3.05, 3.63) is 22.9 Å². The highest BCUT2D eigenvalue weighted by molar-refractivity contribution is 6.00. The van der Waals surface area contributed by atoms with Crippen LogP contribution in [0.4, 0.5) is 5.82 Å². The molecule has 1 aliphatic heterocycles. The molecule has 5 nitrogen and oxygen atoms in total. The summed E-state index contributed by atoms with van der Waals surface area (Å²) in [6, 6.07) is 2.05. The molecular weight excluding hydrogens is 264 g/mol. The molecule has 1 saturated heterocycles. The zero-order chi connectivity index (χ0) is 15.0. The molecular formula is C16H24N4O. The topological polar surface area (TPSA) is 86.2 Å². The first-order valence-corrected chi connectivity index (χ1v) is 7.86. The highest BCUT2D eigenvalue weighted by Crippen LogP contribution is 2.29. The van der Waals surface area contributed by atoms with Crippen molar-refractivity contribution in [3.63, 3.8) is 0 Å². The molecule has 3 rings (SSSR count). The van der Waals surface area contributed by atoms with Gasteiger partial charge in [0, 0.05) is 18.8 Å². The van der Waals surface area contributed by atoms with E-state index >= 15 is 0 Å². The number of nitrogens with one attached hydrogen (secondary N) is 1. The Balaban J connectivity index is 1.98. The normalized spacial score (nSPS) is 25.5. The maximum atomic E-state index is 10.1. The molecule has 2 unspecified atom stereocenters. The monoisotopic (exact) mass is 288 g/mol. The number of anilines is 1. The van der Waals surface area contributed by atoms with Gasteiger partial charge in [0.15, 0.2) is 0 Å². The van der Waals surface area contributed by atoms with Crippen molar-refractivity contribution in [2.45, 2.75) is 45.1 Å². The molecule has 21 heavy (non-hydrogen) atoms. The number of rotatable bonds is 2. The lowest BCUT2D eigenvalue weighted by atomic mass is 9.93. The lowest BCUT2D eigenvalue weighted by Gasteiger charge is -2.36. The van der Waals surface area contributed by atoms with Crippen molar-refractivity contribution in [2.24, 2.45) is 11.7 Å². The van der Waals surface area contributed by atoms with E-state index in [9.17, 15) is 5.11 Å². The van der Waals surface area contributed by atoms with Gasteiger partial charge in [-0.05, 0) is 49.7 Å². The Labute approximate surface area is 125 Å². The number of nitrogen functional groups attached to an aromatic ring is 1. The molecule has 4 N–H and O–H groups in total. The summed E-state index contributed by atoms with van der Waals surface area (Å²) in [5.41, 5.74) is 8.87. The molecule has 0 spiro atoms. The van der Waals surface area contributed by atoms with Crippen molar-refractivity contribution >= 4 is 11.7 Å². The zero-order valence-corrected chi connectivity index (χ0v) is 12.6. The van der Waals surface area contributed by atoms with Gasteiger partial charge in [-0.2, -0.15) is 0 Å². The number of aryl methyl sites for hydroxylation is 2. The predicted molar refractivity (Wildman–Crippen MR) is 83.9 cm³/mol. The third-order valence-electron chi connectivity index (χ3n) is 4.79. The fraction of sp³-hybridized carbons (Fsp3) is 0.625. The standard InChI is InChI=1S/C16H24N4O/c1-10-6-7-20(9-14(10)21)16-12(15(17)18)8-11-4-2-3-5-13(11)19-16/h8,10,14,21H,2-7,9H2,1H3,(H3,17,18). The molecule has 1 aromatic heterocycles. The molecule has 0 bridgehead atoms. The number of fused-ring (bicyclic) bond motifs is 1. The van der Waals surface area contributed by atoms with E-state index in [-0.39, 0.29) is 11.9 Å². The van der Waals surface area contributed by atoms with Crippen LogP contribution in [0, 0.1) is 11.3 Å². The number of hydrogen-bond donors (Lipinski definition) is 3. The molecule has 0 radical (unpaired) electrons. The molecule has 0 aromatic carbocycles. The summed E-state index contributed by atoms with van der Waals surface area (Å²) in [5.74, 6) is 1.17. The molecule has 0 saturated carbocycles. The number of amidine groups is 1. The summed E-state index contributed by atoms with van der Waals surface area (Å²) in [4.78, 5) is 6.91. The summed E-state index contributed by atoms with van der Waals surface area (Å²) < 4.78 is 0. The van der Waals surface area contributed by atoms with Crippen LogP contribution in [0.15, 0.2) is 6.07 Å². The van der Waals surface area contributed by atoms with Crippen LogP contribution in [0.1, 0.15) is 43.0 Å². The molecule has 5 heteroatoms. The third-order valence-corrected chi connectivity index (χ3v) is 4.79. The van der Waals surface area contributed by atoms with Crippen LogP contribution in [0.25, 0.3) is 0 Å². The Bertz CT molecular complexity index is 557. The molecule has 0 amide bonds. The molecule has 1 fully saturated rings. The Morgan fingerprint density at radius 3 is 2.90 bits per heavy atom. The number of aromatic nitrogens is 1. The first-order chi connectivity index (χ1) is 10.1. The second-order valence-corrected chi connectivity index (χ2v) is 6.37. The van der Waals surface area contributed by atoms with E-state index in [0.717, 1.165) is 42.9 Å². The Morgan fingerprint density at radius 1 is 1.43 bits per heavy atom. The van der Waals surface area contributed by atoms with Gasteiger partial charge >= 0.3 is 0 Å². The minimum Gasteiger partial charge on any atom is -0.391 e. The van der Waals surface area contributed by atoms with E-state index in [1.165, 1.54) is 18.4 Å². The number of nitrogens with zero attached hydrogens (tertiary/aromatic N) is 2. The van der Waals surface area contributed by atoms with Gasteiger partial charge < -0.3 is 15.7 Å². The summed E-state index contributed by atoms with van der Waals surface area (Å²) in [6.45, 7) is 3.52. The predicted octanol–water partition coefficient (Wildman–Crippen LogP) is 1.45. The molecule has 1 aromatic rings. The fourth-order valence-corrected chi connectivity index (χ4v) is 3.30. The fourth-order valence-electron chi connectivity index (χ4n) is 3.30. The maximum Gasteiger partial charge on any atom is 0.139 e. The SMILES string of the molecule is CC1CCN(c2nc3c(cc2C(=N)N)CCCC3)CC1O. The first-order valence-electron chi connectivity index (χ1n) is 7.86. The van der Waals surface area contributed by atoms with Crippen LogP contribution in [-0.4, -0.2) is 35.1 Å². The van der Waals surface area contributed by atoms with E-state index in [0.29, 0.717) is 12.5 Å². The van der Waals surface area contributed by atoms with E-state index in [4.69, 9.17) is 16.1 Å². The average molecular weight is 288 g/mol. The second kappa shape index (κ2) is 5.64. The highest BCUT2D eigenvalue weighted by atomic mass is 16.3. The Kier molecular flexibility index (Phi) is 3.85. The van der Waals surface area contributed by atoms with Crippen LogP contribution in [-0.2, 0) is 12.8 Å². The van der Waals surface area contributed by atoms with Crippen LogP contribution >= 0.6 is 0 Å². The van der Waals surface area contributed by atoms with Crippen molar-refractivity contribution in [1.29, 1.82) is 5.41 Å². The quantitative estimate of drug-likeness (QED) is 0.568. The van der Waals surface area contributed by atoms with Crippen LogP contribution in [0.5, 0.6) is 0 Å². The third kappa shape index (κ3) is 2.75. The number of aliphatic hydroxyl groups is 1. The minimum absolute atomic E-state index is 0.0685. The smallest absolute Gasteiger partial charge is 0.139 e. The molecule has 2 heterocycles. The summed E-state index contributed by atoms with van der Waals surface area (Å²) >= 11 is 0. The lowest BCUT2D eigenvalue weighted by molar-refractivity contribution is 0.102. The van der Waals surface area contributed by atoms with Gasteiger partial charge in [0.25, 0.3) is 0 Å². The average Bonchev–Trinajstić information content (AvgIpc) is 2.48. The van der Waals surface area contributed by atoms with Gasteiger partial charge in [-0.1, -0.05) is 6.92 Å². The minimum atomic E-state index is -0.337. The number of nitrogens with two attached hydrogens (primary N) is 1. The van der Waals surface area contributed by atoms with E-state index in [2.05, 4.69) is 11.8 Å². The van der Waals surface area contributed by atoms with Crippen LogP contribution < -0.4 is 10.6 Å². The Morgan fingerprint density at radius 2 is 2.19 bits per heavy atom. The first kappa shape index (κ1) is 14.3. The van der Waals surface area contributed by atoms with Crippen LogP contribution in [0.2, 0.25) is 0 Å². The lowest BCUT2D eigenvalue weighted by Crippen LogP contribution is -2.44. The number of pyridine rings is 1. The van der Waals surface area contributed by atoms with Crippen molar-refractivity contribution in [1.82, 2.24) is 4.98 Å². The van der Waals surface area contributed by atoms with E-state index in [1.54, 1.807) is 0 Å². The van der Waals surface area contributed by atoms with Crippen molar-refractivity contribution in [3.8, 4) is 0 Å². The number of hydrogen-bond acceptors (Lipinski definition) is 4. The number of β-amino-alcohol motifs (C(OH)–C–C–N with tert-alkyl or cyclic N) is 1. The summed E-state index contributed by atoms with van der Waals surface area (Å²) in [7, 11) is 0. The van der Waals surface area contributed by atoms with Gasteiger partial charge in [-0.25, -0.2) is 4.98 Å². The van der Waals surface area contributed by atoms with Gasteiger partial charge in [0.05, 0.1) is 11.7 Å².